The quantitative estimate of drug-likeness (QED) is 0.606. The van der Waals surface area contributed by atoms with Crippen molar-refractivity contribution in [2.45, 2.75) is 44.8 Å². The van der Waals surface area contributed by atoms with Gasteiger partial charge in [0.1, 0.15) is 5.82 Å². The minimum absolute atomic E-state index is 0.0259. The highest BCUT2D eigenvalue weighted by atomic mass is 35.5. The van der Waals surface area contributed by atoms with Crippen LogP contribution >= 0.6 is 11.6 Å². The molecular formula is C21H18ClF3N4O2. The van der Waals surface area contributed by atoms with Crippen LogP contribution in [0.15, 0.2) is 16.9 Å². The summed E-state index contributed by atoms with van der Waals surface area (Å²) >= 11 is 6.35. The topological polar surface area (TPSA) is 86.9 Å². The summed E-state index contributed by atoms with van der Waals surface area (Å²) in [7, 11) is 0. The molecule has 2 aliphatic rings. The Morgan fingerprint density at radius 1 is 1.26 bits per heavy atom. The molecule has 2 amide bonds. The highest BCUT2D eigenvalue weighted by molar-refractivity contribution is 6.31. The largest absolute Gasteiger partial charge is 0.427 e. The van der Waals surface area contributed by atoms with E-state index in [9.17, 15) is 22.8 Å². The molecular weight excluding hydrogens is 433 g/mol. The highest BCUT2D eigenvalue weighted by Gasteiger charge is 2.59. The molecule has 1 aliphatic heterocycles. The number of aromatic amines is 1. The first-order valence-corrected chi connectivity index (χ1v) is 9.96. The standard InChI is InChI=1S/C21H18ClF3N4O2/c1-10-14(18(30)27-11(2)26-10)7-13-8-17-15(9-16(13)22)20(21(23,24)25,29-19(31)28-17)6-5-12-3-4-12/h8-9,12H,3-4,7H2,1-2H3,(H,26,27,30)(H2,28,29,31)/t20-/m0/s1. The molecule has 2 heterocycles. The van der Waals surface area contributed by atoms with Crippen LogP contribution < -0.4 is 16.2 Å². The van der Waals surface area contributed by atoms with Crippen LogP contribution in [0.25, 0.3) is 0 Å². The van der Waals surface area contributed by atoms with Crippen LogP contribution in [0.3, 0.4) is 0 Å². The SMILES string of the molecule is Cc1nc(C)c(Cc2cc3c(cc2Cl)[C@@](C#CC2CC2)(C(F)(F)F)NC(=O)N3)c(=O)[nH]1. The van der Waals surface area contributed by atoms with Crippen LogP contribution in [0.1, 0.15) is 41.1 Å². The molecule has 1 aliphatic carbocycles. The number of carbonyl (C=O) groups excluding carboxylic acids is 1. The number of amides is 2. The fourth-order valence-corrected chi connectivity index (χ4v) is 3.77. The molecule has 0 radical (unpaired) electrons. The number of alkyl halides is 3. The van der Waals surface area contributed by atoms with Crippen molar-refractivity contribution < 1.29 is 18.0 Å². The number of carbonyl (C=O) groups is 1. The summed E-state index contributed by atoms with van der Waals surface area (Å²) in [6, 6.07) is 1.49. The summed E-state index contributed by atoms with van der Waals surface area (Å²) in [4.78, 5) is 31.3. The molecule has 0 saturated heterocycles. The molecule has 2 aromatic rings. The van der Waals surface area contributed by atoms with Gasteiger partial charge < -0.3 is 15.6 Å². The normalized spacial score (nSPS) is 20.3. The van der Waals surface area contributed by atoms with E-state index in [1.54, 1.807) is 13.8 Å². The average Bonchev–Trinajstić information content (AvgIpc) is 3.47. The van der Waals surface area contributed by atoms with E-state index in [2.05, 4.69) is 27.1 Å². The molecule has 0 bridgehead atoms. The zero-order valence-electron chi connectivity index (χ0n) is 16.6. The molecule has 162 valence electrons. The number of aromatic nitrogens is 2. The van der Waals surface area contributed by atoms with Crippen LogP contribution in [-0.4, -0.2) is 22.2 Å². The number of anilines is 1. The third-order valence-corrected chi connectivity index (χ3v) is 5.67. The Hall–Kier alpha value is -2.99. The number of rotatable bonds is 2. The van der Waals surface area contributed by atoms with Gasteiger partial charge in [0.15, 0.2) is 0 Å². The second kappa shape index (κ2) is 7.31. The lowest BCUT2D eigenvalue weighted by atomic mass is 9.85. The van der Waals surface area contributed by atoms with Crippen molar-refractivity contribution >= 4 is 23.3 Å². The summed E-state index contributed by atoms with van der Waals surface area (Å²) in [5.74, 6) is 5.24. The van der Waals surface area contributed by atoms with Crippen molar-refractivity contribution in [2.24, 2.45) is 5.92 Å². The number of hydrogen-bond donors (Lipinski definition) is 3. The van der Waals surface area contributed by atoms with Gasteiger partial charge in [0.25, 0.3) is 5.56 Å². The van der Waals surface area contributed by atoms with Crippen molar-refractivity contribution in [2.75, 3.05) is 5.32 Å². The van der Waals surface area contributed by atoms with Crippen LogP contribution in [0, 0.1) is 31.6 Å². The molecule has 1 aromatic carbocycles. The molecule has 10 heteroatoms. The van der Waals surface area contributed by atoms with Gasteiger partial charge in [0, 0.05) is 39.9 Å². The molecule has 1 atom stereocenters. The maximum absolute atomic E-state index is 14.2. The van der Waals surface area contributed by atoms with Gasteiger partial charge in [0.2, 0.25) is 5.54 Å². The highest BCUT2D eigenvalue weighted by Crippen LogP contribution is 2.46. The number of hydrogen-bond acceptors (Lipinski definition) is 3. The van der Waals surface area contributed by atoms with Gasteiger partial charge in [-0.1, -0.05) is 23.4 Å². The lowest BCUT2D eigenvalue weighted by Crippen LogP contribution is -2.59. The number of aryl methyl sites for hydroxylation is 2. The number of fused-ring (bicyclic) bond motifs is 1. The zero-order valence-corrected chi connectivity index (χ0v) is 17.4. The fourth-order valence-electron chi connectivity index (χ4n) is 3.54. The van der Waals surface area contributed by atoms with E-state index >= 15 is 0 Å². The maximum Gasteiger partial charge on any atom is 0.427 e. The van der Waals surface area contributed by atoms with E-state index in [-0.39, 0.29) is 34.2 Å². The van der Waals surface area contributed by atoms with Crippen molar-refractivity contribution in [1.82, 2.24) is 15.3 Å². The third-order valence-electron chi connectivity index (χ3n) is 5.31. The summed E-state index contributed by atoms with van der Waals surface area (Å²) in [5, 5.41) is 4.39. The van der Waals surface area contributed by atoms with E-state index < -0.39 is 17.7 Å². The van der Waals surface area contributed by atoms with Crippen LogP contribution in [0.4, 0.5) is 23.7 Å². The Balaban J connectivity index is 1.84. The monoisotopic (exact) mass is 450 g/mol. The number of halogens is 4. The summed E-state index contributed by atoms with van der Waals surface area (Å²) in [6.45, 7) is 3.31. The number of nitrogens with zero attached hydrogens (tertiary/aromatic N) is 1. The van der Waals surface area contributed by atoms with Gasteiger partial charge in [-0.2, -0.15) is 13.2 Å². The second-order valence-electron chi connectivity index (χ2n) is 7.75. The summed E-state index contributed by atoms with van der Waals surface area (Å²) in [5.41, 5.74) is -2.36. The fraction of sp³-hybridized carbons (Fsp3) is 0.381. The minimum Gasteiger partial charge on any atom is -0.311 e. The van der Waals surface area contributed by atoms with Crippen molar-refractivity contribution in [3.8, 4) is 11.8 Å². The van der Waals surface area contributed by atoms with E-state index in [4.69, 9.17) is 11.6 Å². The Morgan fingerprint density at radius 2 is 1.97 bits per heavy atom. The van der Waals surface area contributed by atoms with Crippen molar-refractivity contribution in [3.05, 3.63) is 55.7 Å². The van der Waals surface area contributed by atoms with E-state index in [0.29, 0.717) is 22.6 Å². The Labute approximate surface area is 180 Å². The van der Waals surface area contributed by atoms with Gasteiger partial charge >= 0.3 is 12.2 Å². The van der Waals surface area contributed by atoms with Crippen molar-refractivity contribution in [1.29, 1.82) is 0 Å². The Kier molecular flexibility index (Phi) is 5.01. The predicted molar refractivity (Wildman–Crippen MR) is 109 cm³/mol. The minimum atomic E-state index is -4.87. The first-order valence-electron chi connectivity index (χ1n) is 9.58. The number of nitrogens with one attached hydrogen (secondary N) is 3. The van der Waals surface area contributed by atoms with E-state index in [1.807, 2.05) is 5.32 Å². The molecule has 6 nitrogen and oxygen atoms in total. The number of H-pyrrole nitrogens is 1. The smallest absolute Gasteiger partial charge is 0.311 e. The molecule has 1 fully saturated rings. The number of benzene rings is 1. The lowest BCUT2D eigenvalue weighted by Gasteiger charge is -2.37. The molecule has 0 unspecified atom stereocenters. The van der Waals surface area contributed by atoms with Gasteiger partial charge in [-0.25, -0.2) is 9.78 Å². The maximum atomic E-state index is 14.2. The van der Waals surface area contributed by atoms with Gasteiger partial charge in [-0.15, -0.1) is 0 Å². The van der Waals surface area contributed by atoms with Gasteiger partial charge in [0.05, 0.1) is 0 Å². The average molecular weight is 451 g/mol. The number of urea groups is 1. The third kappa shape index (κ3) is 3.88. The second-order valence-corrected chi connectivity index (χ2v) is 8.16. The molecule has 0 spiro atoms. The van der Waals surface area contributed by atoms with Gasteiger partial charge in [-0.3, -0.25) is 4.79 Å². The zero-order chi connectivity index (χ0) is 22.6. The molecule has 3 N–H and O–H groups in total. The first-order chi connectivity index (χ1) is 14.5. The van der Waals surface area contributed by atoms with E-state index in [0.717, 1.165) is 18.9 Å². The lowest BCUT2D eigenvalue weighted by molar-refractivity contribution is -0.178. The Bertz CT molecular complexity index is 1210. The summed E-state index contributed by atoms with van der Waals surface area (Å²) < 4.78 is 42.6. The first kappa shape index (κ1) is 21.2. The molecule has 4 rings (SSSR count). The molecule has 1 saturated carbocycles. The molecule has 1 aromatic heterocycles. The van der Waals surface area contributed by atoms with Crippen molar-refractivity contribution in [3.63, 3.8) is 0 Å². The van der Waals surface area contributed by atoms with Crippen LogP contribution in [0.5, 0.6) is 0 Å². The van der Waals surface area contributed by atoms with Crippen LogP contribution in [-0.2, 0) is 12.0 Å². The van der Waals surface area contributed by atoms with E-state index in [1.165, 1.54) is 6.07 Å². The van der Waals surface area contributed by atoms with Crippen LogP contribution in [0.2, 0.25) is 5.02 Å². The Morgan fingerprint density at radius 3 is 2.58 bits per heavy atom. The summed E-state index contributed by atoms with van der Waals surface area (Å²) in [6.07, 6.45) is -3.37. The predicted octanol–water partition coefficient (Wildman–Crippen LogP) is 3.94. The molecule has 31 heavy (non-hydrogen) atoms. The van der Waals surface area contributed by atoms with Gasteiger partial charge in [-0.05, 0) is 44.4 Å².